The summed E-state index contributed by atoms with van der Waals surface area (Å²) in [5.41, 5.74) is 2.64. The Morgan fingerprint density at radius 1 is 0.897 bits per heavy atom. The molecule has 4 rings (SSSR count). The van der Waals surface area contributed by atoms with Crippen LogP contribution in [0.15, 0.2) is 54.6 Å². The maximum atomic E-state index is 13.3. The minimum absolute atomic E-state index is 0.00554. The molecule has 0 N–H and O–H groups in total. The van der Waals surface area contributed by atoms with E-state index in [1.54, 1.807) is 24.3 Å². The standard InChI is InChI=1S/C24H25NO4/c26-22(18-9-2-1-3-10-18)16-29-24(28)20-12-6-5-11-19(20)23(27)25-15-14-17-8-4-7-13-21(17)25/h1-4,7-10,13,19-20H,5-6,11-12,14-16H2. The number of esters is 1. The van der Waals surface area contributed by atoms with Crippen LogP contribution in [0, 0.1) is 11.8 Å². The van der Waals surface area contributed by atoms with Gasteiger partial charge in [-0.15, -0.1) is 0 Å². The summed E-state index contributed by atoms with van der Waals surface area (Å²) in [6.45, 7) is 0.371. The summed E-state index contributed by atoms with van der Waals surface area (Å²) in [5, 5.41) is 0. The number of benzene rings is 2. The van der Waals surface area contributed by atoms with Crippen LogP contribution < -0.4 is 4.90 Å². The predicted octanol–water partition coefficient (Wildman–Crippen LogP) is 3.81. The second-order valence-corrected chi connectivity index (χ2v) is 7.76. The number of ketones is 1. The summed E-state index contributed by atoms with van der Waals surface area (Å²) in [6, 6.07) is 16.7. The summed E-state index contributed by atoms with van der Waals surface area (Å²) in [7, 11) is 0. The van der Waals surface area contributed by atoms with Crippen molar-refractivity contribution in [2.45, 2.75) is 32.1 Å². The molecule has 150 valence electrons. The molecule has 0 aromatic heterocycles. The number of anilines is 1. The highest BCUT2D eigenvalue weighted by Crippen LogP contribution is 2.36. The van der Waals surface area contributed by atoms with Crippen LogP contribution in [-0.4, -0.2) is 30.8 Å². The van der Waals surface area contributed by atoms with Gasteiger partial charge in [-0.3, -0.25) is 14.4 Å². The molecule has 5 heteroatoms. The van der Waals surface area contributed by atoms with Gasteiger partial charge >= 0.3 is 5.97 Å². The molecular formula is C24H25NO4. The zero-order chi connectivity index (χ0) is 20.2. The summed E-state index contributed by atoms with van der Waals surface area (Å²) < 4.78 is 5.35. The van der Waals surface area contributed by atoms with Gasteiger partial charge in [-0.1, -0.05) is 61.4 Å². The molecule has 5 nitrogen and oxygen atoms in total. The Labute approximate surface area is 170 Å². The van der Waals surface area contributed by atoms with Crippen LogP contribution >= 0.6 is 0 Å². The number of hydrogen-bond acceptors (Lipinski definition) is 4. The fourth-order valence-electron chi connectivity index (χ4n) is 4.43. The second-order valence-electron chi connectivity index (χ2n) is 7.76. The Balaban J connectivity index is 1.43. The maximum Gasteiger partial charge on any atom is 0.310 e. The normalized spacial score (nSPS) is 20.8. The molecular weight excluding hydrogens is 366 g/mol. The van der Waals surface area contributed by atoms with E-state index in [1.807, 2.05) is 35.2 Å². The maximum absolute atomic E-state index is 13.3. The molecule has 2 aliphatic rings. The van der Waals surface area contributed by atoms with E-state index in [0.717, 1.165) is 24.9 Å². The van der Waals surface area contributed by atoms with Crippen molar-refractivity contribution in [2.75, 3.05) is 18.1 Å². The van der Waals surface area contributed by atoms with Crippen molar-refractivity contribution in [3.63, 3.8) is 0 Å². The largest absolute Gasteiger partial charge is 0.457 e. The molecule has 0 spiro atoms. The lowest BCUT2D eigenvalue weighted by molar-refractivity contribution is -0.153. The third-order valence-electron chi connectivity index (χ3n) is 5.98. The molecule has 1 amide bonds. The molecule has 1 fully saturated rings. The highest BCUT2D eigenvalue weighted by molar-refractivity contribution is 6.00. The van der Waals surface area contributed by atoms with Crippen molar-refractivity contribution in [1.82, 2.24) is 0 Å². The van der Waals surface area contributed by atoms with Gasteiger partial charge in [0.25, 0.3) is 0 Å². The average Bonchev–Trinajstić information content (AvgIpc) is 3.21. The number of carbonyl (C=O) groups is 3. The number of para-hydroxylation sites is 1. The van der Waals surface area contributed by atoms with Crippen LogP contribution in [0.4, 0.5) is 5.69 Å². The van der Waals surface area contributed by atoms with Gasteiger partial charge in [0.05, 0.1) is 11.8 Å². The van der Waals surface area contributed by atoms with Crippen molar-refractivity contribution >= 4 is 23.3 Å². The van der Waals surface area contributed by atoms with Gasteiger partial charge in [-0.05, 0) is 30.9 Å². The molecule has 2 atom stereocenters. The van der Waals surface area contributed by atoms with Crippen LogP contribution in [-0.2, 0) is 20.7 Å². The van der Waals surface area contributed by atoms with Crippen molar-refractivity contribution in [2.24, 2.45) is 11.8 Å². The van der Waals surface area contributed by atoms with E-state index in [-0.39, 0.29) is 24.2 Å². The van der Waals surface area contributed by atoms with E-state index in [2.05, 4.69) is 0 Å². The molecule has 0 saturated heterocycles. The van der Waals surface area contributed by atoms with Gasteiger partial charge in [0, 0.05) is 17.8 Å². The molecule has 1 heterocycles. The van der Waals surface area contributed by atoms with E-state index >= 15 is 0 Å². The minimum atomic E-state index is -0.479. The van der Waals surface area contributed by atoms with E-state index < -0.39 is 11.9 Å². The Bertz CT molecular complexity index is 908. The van der Waals surface area contributed by atoms with E-state index in [0.29, 0.717) is 24.9 Å². The first kappa shape index (κ1) is 19.4. The van der Waals surface area contributed by atoms with Crippen molar-refractivity contribution < 1.29 is 19.1 Å². The van der Waals surface area contributed by atoms with Crippen LogP contribution in [0.25, 0.3) is 0 Å². The number of carbonyl (C=O) groups excluding carboxylic acids is 3. The first-order chi connectivity index (χ1) is 14.1. The summed E-state index contributed by atoms with van der Waals surface area (Å²) in [4.78, 5) is 40.1. The lowest BCUT2D eigenvalue weighted by Gasteiger charge is -2.32. The molecule has 1 saturated carbocycles. The van der Waals surface area contributed by atoms with Crippen molar-refractivity contribution in [1.29, 1.82) is 0 Å². The Hall–Kier alpha value is -2.95. The predicted molar refractivity (Wildman–Crippen MR) is 110 cm³/mol. The summed E-state index contributed by atoms with van der Waals surface area (Å²) in [5.74, 6) is -1.52. The average molecular weight is 391 g/mol. The third kappa shape index (κ3) is 4.09. The minimum Gasteiger partial charge on any atom is -0.457 e. The number of Topliss-reactive ketones (excluding diaryl/α,β-unsaturated/α-hetero) is 1. The summed E-state index contributed by atoms with van der Waals surface area (Å²) >= 11 is 0. The molecule has 2 aromatic rings. The molecule has 1 aliphatic carbocycles. The van der Waals surface area contributed by atoms with Crippen molar-refractivity contribution in [3.8, 4) is 0 Å². The van der Waals surface area contributed by atoms with Crippen LogP contribution in [0.5, 0.6) is 0 Å². The van der Waals surface area contributed by atoms with Gasteiger partial charge in [0.1, 0.15) is 0 Å². The number of amides is 1. The van der Waals surface area contributed by atoms with Crippen LogP contribution in [0.1, 0.15) is 41.6 Å². The first-order valence-electron chi connectivity index (χ1n) is 10.3. The second kappa shape index (κ2) is 8.60. The molecule has 1 aliphatic heterocycles. The molecule has 2 unspecified atom stereocenters. The van der Waals surface area contributed by atoms with Gasteiger partial charge in [-0.2, -0.15) is 0 Å². The Morgan fingerprint density at radius 2 is 1.59 bits per heavy atom. The lowest BCUT2D eigenvalue weighted by Crippen LogP contribution is -2.42. The highest BCUT2D eigenvalue weighted by Gasteiger charge is 2.40. The van der Waals surface area contributed by atoms with Gasteiger partial charge in [0.2, 0.25) is 5.91 Å². The molecule has 29 heavy (non-hydrogen) atoms. The number of hydrogen-bond donors (Lipinski definition) is 0. The quantitative estimate of drug-likeness (QED) is 0.574. The zero-order valence-electron chi connectivity index (χ0n) is 16.4. The van der Waals surface area contributed by atoms with Crippen molar-refractivity contribution in [3.05, 3.63) is 65.7 Å². The third-order valence-corrected chi connectivity index (χ3v) is 5.98. The highest BCUT2D eigenvalue weighted by atomic mass is 16.5. The van der Waals surface area contributed by atoms with E-state index in [1.165, 1.54) is 5.56 Å². The fraction of sp³-hybridized carbons (Fsp3) is 0.375. The lowest BCUT2D eigenvalue weighted by atomic mass is 9.78. The molecule has 0 bridgehead atoms. The fourth-order valence-corrected chi connectivity index (χ4v) is 4.43. The smallest absolute Gasteiger partial charge is 0.310 e. The van der Waals surface area contributed by atoms with E-state index in [4.69, 9.17) is 4.74 Å². The van der Waals surface area contributed by atoms with Gasteiger partial charge in [0.15, 0.2) is 12.4 Å². The molecule has 2 aromatic carbocycles. The number of nitrogens with zero attached hydrogens (tertiary/aromatic N) is 1. The first-order valence-corrected chi connectivity index (χ1v) is 10.3. The van der Waals surface area contributed by atoms with E-state index in [9.17, 15) is 14.4 Å². The summed E-state index contributed by atoms with van der Waals surface area (Å²) in [6.07, 6.45) is 3.98. The topological polar surface area (TPSA) is 63.7 Å². The number of ether oxygens (including phenoxy) is 1. The number of fused-ring (bicyclic) bond motifs is 1. The zero-order valence-corrected chi connectivity index (χ0v) is 16.4. The van der Waals surface area contributed by atoms with Crippen LogP contribution in [0.3, 0.4) is 0 Å². The van der Waals surface area contributed by atoms with Gasteiger partial charge < -0.3 is 9.64 Å². The van der Waals surface area contributed by atoms with Gasteiger partial charge in [-0.25, -0.2) is 0 Å². The molecule has 0 radical (unpaired) electrons. The Kier molecular flexibility index (Phi) is 5.74. The van der Waals surface area contributed by atoms with Crippen LogP contribution in [0.2, 0.25) is 0 Å². The monoisotopic (exact) mass is 391 g/mol. The number of rotatable bonds is 5. The SMILES string of the molecule is O=C(COC(=O)C1CCCCC1C(=O)N1CCc2ccccc21)c1ccccc1. The Morgan fingerprint density at radius 3 is 2.38 bits per heavy atom.